The van der Waals surface area contributed by atoms with E-state index in [4.69, 9.17) is 5.73 Å². The van der Waals surface area contributed by atoms with Gasteiger partial charge in [0.25, 0.3) is 11.8 Å². The van der Waals surface area contributed by atoms with E-state index in [1.54, 1.807) is 0 Å². The number of unbranched alkanes of at least 4 members (excludes halogenated alkanes) is 8. The molecule has 0 aromatic heterocycles. The molecule has 0 saturated carbocycles. The van der Waals surface area contributed by atoms with Crippen LogP contribution in [0.1, 0.15) is 75.3 Å². The van der Waals surface area contributed by atoms with Gasteiger partial charge in [0, 0.05) is 19.6 Å². The minimum Gasteiger partial charge on any atom is -0.369 e. The normalized spacial score (nSPS) is 17.2. The lowest BCUT2D eigenvalue weighted by molar-refractivity contribution is -0.137. The Morgan fingerprint density at radius 3 is 1.77 bits per heavy atom. The SMILES string of the molecule is C=CC1=C(C=C)C(=O)N(CCN(C)CCCCCCCCCCCN2CCC(C(C(N)=O)(c3ccccc3)c3ccccc3)C2)C1=O. The average Bonchev–Trinajstić information content (AvgIpc) is 3.64. The molecule has 0 spiro atoms. The third-order valence-corrected chi connectivity index (χ3v) is 10.1. The third-order valence-electron chi connectivity index (χ3n) is 10.1. The van der Waals surface area contributed by atoms with Gasteiger partial charge in [0.05, 0.1) is 11.1 Å². The Morgan fingerprint density at radius 1 is 0.787 bits per heavy atom. The first-order chi connectivity index (χ1) is 22.8. The fraction of sp³-hybridized carbons (Fsp3) is 0.475. The smallest absolute Gasteiger partial charge is 0.261 e. The van der Waals surface area contributed by atoms with E-state index in [1.807, 2.05) is 43.4 Å². The number of nitrogens with zero attached hydrogens (tertiary/aromatic N) is 3. The van der Waals surface area contributed by atoms with Gasteiger partial charge >= 0.3 is 0 Å². The summed E-state index contributed by atoms with van der Waals surface area (Å²) in [5, 5.41) is 0. The number of likely N-dealkylation sites (N-methyl/N-ethyl adjacent to an activating group) is 1. The summed E-state index contributed by atoms with van der Waals surface area (Å²) in [4.78, 5) is 44.3. The minimum absolute atomic E-state index is 0.150. The Morgan fingerprint density at radius 2 is 1.28 bits per heavy atom. The van der Waals surface area contributed by atoms with Crippen LogP contribution in [-0.2, 0) is 19.8 Å². The van der Waals surface area contributed by atoms with Crippen molar-refractivity contribution in [1.82, 2.24) is 14.7 Å². The minimum atomic E-state index is -0.815. The van der Waals surface area contributed by atoms with Crippen LogP contribution in [0.2, 0.25) is 0 Å². The Bertz CT molecular complexity index is 1320. The molecule has 2 heterocycles. The predicted molar refractivity (Wildman–Crippen MR) is 191 cm³/mol. The molecule has 1 unspecified atom stereocenters. The highest BCUT2D eigenvalue weighted by Gasteiger charge is 2.49. The first-order valence-electron chi connectivity index (χ1n) is 17.5. The van der Waals surface area contributed by atoms with Crippen LogP contribution in [0.4, 0.5) is 0 Å². The molecule has 7 nitrogen and oxygen atoms in total. The van der Waals surface area contributed by atoms with Gasteiger partial charge < -0.3 is 15.5 Å². The molecule has 1 fully saturated rings. The van der Waals surface area contributed by atoms with Gasteiger partial charge in [0.15, 0.2) is 0 Å². The summed E-state index contributed by atoms with van der Waals surface area (Å²) in [6.07, 6.45) is 14.9. The van der Waals surface area contributed by atoms with Gasteiger partial charge in [-0.3, -0.25) is 19.3 Å². The molecule has 1 saturated heterocycles. The largest absolute Gasteiger partial charge is 0.369 e. The molecule has 2 aliphatic heterocycles. The van der Waals surface area contributed by atoms with Gasteiger partial charge in [-0.05, 0) is 63.0 Å². The van der Waals surface area contributed by atoms with E-state index >= 15 is 0 Å². The zero-order chi connectivity index (χ0) is 33.6. The first-order valence-corrected chi connectivity index (χ1v) is 17.5. The van der Waals surface area contributed by atoms with Crippen molar-refractivity contribution in [2.24, 2.45) is 11.7 Å². The zero-order valence-electron chi connectivity index (χ0n) is 28.4. The second-order valence-electron chi connectivity index (χ2n) is 13.2. The van der Waals surface area contributed by atoms with Crippen molar-refractivity contribution >= 4 is 17.7 Å². The topological polar surface area (TPSA) is 86.9 Å². The van der Waals surface area contributed by atoms with Crippen LogP contribution >= 0.6 is 0 Å². The maximum atomic E-state index is 13.3. The van der Waals surface area contributed by atoms with Crippen LogP contribution in [0, 0.1) is 5.92 Å². The molecule has 252 valence electrons. The van der Waals surface area contributed by atoms with Gasteiger partial charge in [0.2, 0.25) is 5.91 Å². The lowest BCUT2D eigenvalue weighted by Crippen LogP contribution is -2.49. The molecule has 2 aromatic rings. The van der Waals surface area contributed by atoms with E-state index in [1.165, 1.54) is 68.4 Å². The van der Waals surface area contributed by atoms with E-state index in [0.29, 0.717) is 24.2 Å². The molecule has 2 N–H and O–H groups in total. The molecule has 2 aliphatic rings. The van der Waals surface area contributed by atoms with Crippen LogP contribution < -0.4 is 5.73 Å². The van der Waals surface area contributed by atoms with Crippen LogP contribution in [0.3, 0.4) is 0 Å². The van der Waals surface area contributed by atoms with E-state index in [0.717, 1.165) is 50.1 Å². The number of nitrogens with two attached hydrogens (primary N) is 1. The van der Waals surface area contributed by atoms with E-state index in [-0.39, 0.29) is 23.6 Å². The Hall–Kier alpha value is -3.81. The van der Waals surface area contributed by atoms with Crippen molar-refractivity contribution in [1.29, 1.82) is 0 Å². The second-order valence-corrected chi connectivity index (χ2v) is 13.2. The Labute approximate surface area is 282 Å². The maximum Gasteiger partial charge on any atom is 0.261 e. The van der Waals surface area contributed by atoms with Crippen molar-refractivity contribution in [3.8, 4) is 0 Å². The summed E-state index contributed by atoms with van der Waals surface area (Å²) in [5.74, 6) is -0.653. The number of hydrogen-bond acceptors (Lipinski definition) is 5. The predicted octanol–water partition coefficient (Wildman–Crippen LogP) is 6.26. The highest BCUT2D eigenvalue weighted by atomic mass is 16.2. The van der Waals surface area contributed by atoms with Crippen molar-refractivity contribution in [3.63, 3.8) is 0 Å². The van der Waals surface area contributed by atoms with Crippen molar-refractivity contribution in [2.45, 2.75) is 69.6 Å². The van der Waals surface area contributed by atoms with Gasteiger partial charge in [-0.15, -0.1) is 0 Å². The molecule has 0 aliphatic carbocycles. The number of imide groups is 1. The van der Waals surface area contributed by atoms with Crippen molar-refractivity contribution in [2.75, 3.05) is 46.3 Å². The summed E-state index contributed by atoms with van der Waals surface area (Å²) in [6.45, 7) is 12.3. The fourth-order valence-electron chi connectivity index (χ4n) is 7.46. The van der Waals surface area contributed by atoms with Crippen molar-refractivity contribution in [3.05, 3.63) is 108 Å². The standard InChI is InChI=1S/C40H54N4O3/c1-4-35-36(5-2)38(46)44(37(35)45)30-29-42(3)26-19-11-9-7-6-8-10-12-20-27-43-28-25-34(31-43)40(39(41)47,32-21-15-13-16-22-32)33-23-17-14-18-24-33/h4-5,13-18,21-24,34H,1-2,6-12,19-20,25-31H2,3H3,(H2,41,47). The second kappa shape index (κ2) is 17.9. The van der Waals surface area contributed by atoms with E-state index in [9.17, 15) is 14.4 Å². The number of benzene rings is 2. The lowest BCUT2D eigenvalue weighted by atomic mass is 9.64. The number of primary amides is 1. The monoisotopic (exact) mass is 638 g/mol. The summed E-state index contributed by atoms with van der Waals surface area (Å²) in [7, 11) is 2.05. The number of carbonyl (C=O) groups excluding carboxylic acids is 3. The molecule has 4 rings (SSSR count). The Kier molecular flexibility index (Phi) is 13.7. The molecular weight excluding hydrogens is 584 g/mol. The number of amides is 3. The quantitative estimate of drug-likeness (QED) is 0.129. The molecule has 0 bridgehead atoms. The van der Waals surface area contributed by atoms with Crippen molar-refractivity contribution < 1.29 is 14.4 Å². The molecule has 0 radical (unpaired) electrons. The molecular formula is C40H54N4O3. The summed E-state index contributed by atoms with van der Waals surface area (Å²) in [6, 6.07) is 20.2. The zero-order valence-corrected chi connectivity index (χ0v) is 28.4. The third kappa shape index (κ3) is 8.76. The maximum absolute atomic E-state index is 13.3. The van der Waals surface area contributed by atoms with E-state index in [2.05, 4.69) is 47.2 Å². The van der Waals surface area contributed by atoms with Crippen LogP contribution in [0.5, 0.6) is 0 Å². The van der Waals surface area contributed by atoms with Gasteiger partial charge in [-0.25, -0.2) is 0 Å². The molecule has 7 heteroatoms. The molecule has 1 atom stereocenters. The number of hydrogen-bond donors (Lipinski definition) is 1. The van der Waals surface area contributed by atoms with E-state index < -0.39 is 5.41 Å². The molecule has 3 amide bonds. The first kappa shape index (κ1) is 36.0. The summed E-state index contributed by atoms with van der Waals surface area (Å²) in [5.41, 5.74) is 8.12. The number of carbonyl (C=O) groups is 3. The molecule has 47 heavy (non-hydrogen) atoms. The van der Waals surface area contributed by atoms with Crippen LogP contribution in [0.15, 0.2) is 97.1 Å². The van der Waals surface area contributed by atoms with Gasteiger partial charge in [0.1, 0.15) is 5.41 Å². The van der Waals surface area contributed by atoms with Crippen LogP contribution in [-0.4, -0.2) is 78.7 Å². The highest BCUT2D eigenvalue weighted by Crippen LogP contribution is 2.43. The summed E-state index contributed by atoms with van der Waals surface area (Å²) < 4.78 is 0. The Balaban J connectivity index is 1.07. The number of rotatable bonds is 21. The van der Waals surface area contributed by atoms with Crippen LogP contribution in [0.25, 0.3) is 0 Å². The fourth-order valence-corrected chi connectivity index (χ4v) is 7.46. The lowest BCUT2D eigenvalue weighted by Gasteiger charge is -2.37. The highest BCUT2D eigenvalue weighted by molar-refractivity contribution is 6.21. The summed E-state index contributed by atoms with van der Waals surface area (Å²) >= 11 is 0. The van der Waals surface area contributed by atoms with Gasteiger partial charge in [-0.2, -0.15) is 0 Å². The number of likely N-dealkylation sites (tertiary alicyclic amines) is 1. The average molecular weight is 639 g/mol. The molecule has 2 aromatic carbocycles. The van der Waals surface area contributed by atoms with Gasteiger partial charge in [-0.1, -0.05) is 131 Å².